The highest BCUT2D eigenvalue weighted by Gasteiger charge is 2.20. The zero-order valence-electron chi connectivity index (χ0n) is 16.2. The summed E-state index contributed by atoms with van der Waals surface area (Å²) in [7, 11) is 0. The summed E-state index contributed by atoms with van der Waals surface area (Å²) in [6.07, 6.45) is 3.59. The number of nitrogens with one attached hydrogen (secondary N) is 2. The molecule has 154 valence electrons. The lowest BCUT2D eigenvalue weighted by molar-refractivity contribution is 0.122. The van der Waals surface area contributed by atoms with E-state index in [4.69, 9.17) is 16.3 Å². The number of halogens is 1. The molecule has 0 radical (unpaired) electrons. The summed E-state index contributed by atoms with van der Waals surface area (Å²) in [6.45, 7) is 3.81. The Morgan fingerprint density at radius 1 is 1.10 bits per heavy atom. The van der Waals surface area contributed by atoms with E-state index in [0.717, 1.165) is 43.1 Å². The first kappa shape index (κ1) is 19.0. The summed E-state index contributed by atoms with van der Waals surface area (Å²) >= 11 is 6.53. The molecule has 0 saturated carbocycles. The molecule has 30 heavy (non-hydrogen) atoms. The Morgan fingerprint density at radius 3 is 2.57 bits per heavy atom. The first-order valence-electron chi connectivity index (χ1n) is 9.83. The second-order valence-electron chi connectivity index (χ2n) is 7.29. The Hall–Kier alpha value is -3.00. The molecule has 0 aliphatic carbocycles. The molecular weight excluding hydrogens is 404 g/mol. The maximum Gasteiger partial charge on any atom is 0.277 e. The second kappa shape index (κ2) is 7.68. The molecule has 0 spiro atoms. The Kier molecular flexibility index (Phi) is 4.86. The average Bonchev–Trinajstić information content (AvgIpc) is 3.28. The van der Waals surface area contributed by atoms with E-state index in [0.29, 0.717) is 22.5 Å². The molecule has 3 aromatic rings. The summed E-state index contributed by atoms with van der Waals surface area (Å²) in [5, 5.41) is 13.4. The van der Waals surface area contributed by atoms with Crippen molar-refractivity contribution in [1.82, 2.24) is 10.4 Å². The number of hydrazine groups is 1. The lowest BCUT2D eigenvalue weighted by Gasteiger charge is -2.29. The van der Waals surface area contributed by atoms with Crippen molar-refractivity contribution in [3.05, 3.63) is 64.1 Å². The van der Waals surface area contributed by atoms with Gasteiger partial charge in [-0.15, -0.1) is 0 Å². The van der Waals surface area contributed by atoms with Crippen LogP contribution in [0, 0.1) is 0 Å². The van der Waals surface area contributed by atoms with Gasteiger partial charge in [-0.05, 0) is 29.8 Å². The fourth-order valence-corrected chi connectivity index (χ4v) is 4.20. The van der Waals surface area contributed by atoms with Crippen molar-refractivity contribution >= 4 is 33.9 Å². The highest BCUT2D eigenvalue weighted by Crippen LogP contribution is 2.38. The van der Waals surface area contributed by atoms with Gasteiger partial charge in [0, 0.05) is 42.5 Å². The van der Waals surface area contributed by atoms with E-state index < -0.39 is 5.56 Å². The molecule has 1 fully saturated rings. The predicted octanol–water partition coefficient (Wildman–Crippen LogP) is 3.23. The minimum atomic E-state index is -0.391. The normalized spacial score (nSPS) is 16.6. The Labute approximate surface area is 178 Å². The first-order valence-corrected chi connectivity index (χ1v) is 10.2. The van der Waals surface area contributed by atoms with Gasteiger partial charge < -0.3 is 19.7 Å². The monoisotopic (exact) mass is 424 g/mol. The van der Waals surface area contributed by atoms with Gasteiger partial charge in [0.2, 0.25) is 0 Å². The van der Waals surface area contributed by atoms with Gasteiger partial charge in [0.1, 0.15) is 0 Å². The van der Waals surface area contributed by atoms with Crippen molar-refractivity contribution in [2.75, 3.05) is 42.8 Å². The van der Waals surface area contributed by atoms with Gasteiger partial charge in [0.15, 0.2) is 11.4 Å². The number of aromatic amines is 1. The van der Waals surface area contributed by atoms with Crippen LogP contribution < -0.4 is 20.9 Å². The van der Waals surface area contributed by atoms with Crippen molar-refractivity contribution < 1.29 is 9.84 Å². The number of rotatable bonds is 3. The van der Waals surface area contributed by atoms with Crippen molar-refractivity contribution in [2.24, 2.45) is 0 Å². The van der Waals surface area contributed by atoms with Crippen LogP contribution in [0.3, 0.4) is 0 Å². The Bertz CT molecular complexity index is 1180. The Balaban J connectivity index is 1.56. The first-order chi connectivity index (χ1) is 14.6. The largest absolute Gasteiger partial charge is 0.505 e. The lowest BCUT2D eigenvalue weighted by Crippen LogP contribution is -2.36. The van der Waals surface area contributed by atoms with Crippen LogP contribution in [0.4, 0.5) is 11.4 Å². The zero-order chi connectivity index (χ0) is 20.7. The van der Waals surface area contributed by atoms with Crippen LogP contribution in [-0.2, 0) is 4.74 Å². The quantitative estimate of drug-likeness (QED) is 0.599. The molecule has 2 aliphatic rings. The lowest BCUT2D eigenvalue weighted by atomic mass is 10.0. The number of H-pyrrole nitrogens is 1. The summed E-state index contributed by atoms with van der Waals surface area (Å²) in [5.74, 6) is -0.0874. The molecule has 0 atom stereocenters. The summed E-state index contributed by atoms with van der Waals surface area (Å²) in [5.41, 5.74) is 6.14. The minimum absolute atomic E-state index is 0.0874. The van der Waals surface area contributed by atoms with Crippen molar-refractivity contribution in [2.45, 2.75) is 0 Å². The van der Waals surface area contributed by atoms with Crippen molar-refractivity contribution in [3.8, 4) is 16.9 Å². The highest BCUT2D eigenvalue weighted by molar-refractivity contribution is 6.34. The number of fused-ring (bicyclic) bond motifs is 1. The molecule has 0 amide bonds. The van der Waals surface area contributed by atoms with Gasteiger partial charge in [0.05, 0.1) is 23.8 Å². The van der Waals surface area contributed by atoms with Crippen LogP contribution in [0.5, 0.6) is 5.75 Å². The molecule has 2 aromatic carbocycles. The molecule has 2 aliphatic heterocycles. The summed E-state index contributed by atoms with van der Waals surface area (Å²) < 4.78 is 5.42. The third-order valence-electron chi connectivity index (χ3n) is 5.48. The van der Waals surface area contributed by atoms with Crippen LogP contribution in [-0.4, -0.2) is 42.9 Å². The SMILES string of the molecule is O=c1[nH]c2cc(Cl)c(-c3ccc(N4CCOCC4)cc3)cc2c(O)c1N1C=CCN1. The molecular formula is C22H21ClN4O3. The van der Waals surface area contributed by atoms with E-state index in [1.165, 1.54) is 5.01 Å². The number of aromatic nitrogens is 1. The van der Waals surface area contributed by atoms with Gasteiger partial charge in [-0.1, -0.05) is 29.8 Å². The van der Waals surface area contributed by atoms with E-state index in [-0.39, 0.29) is 11.4 Å². The maximum absolute atomic E-state index is 12.5. The topological polar surface area (TPSA) is 80.8 Å². The van der Waals surface area contributed by atoms with E-state index in [2.05, 4.69) is 27.4 Å². The highest BCUT2D eigenvalue weighted by atomic mass is 35.5. The molecule has 8 heteroatoms. The average molecular weight is 425 g/mol. The molecule has 3 heterocycles. The van der Waals surface area contributed by atoms with Crippen LogP contribution in [0.15, 0.2) is 53.5 Å². The van der Waals surface area contributed by atoms with Gasteiger partial charge in [0.25, 0.3) is 5.56 Å². The number of nitrogens with zero attached hydrogens (tertiary/aromatic N) is 2. The van der Waals surface area contributed by atoms with Gasteiger partial charge in [-0.25, -0.2) is 5.43 Å². The number of hydrogen-bond donors (Lipinski definition) is 3. The number of hydrogen-bond acceptors (Lipinski definition) is 6. The number of benzene rings is 2. The maximum atomic E-state index is 12.5. The van der Waals surface area contributed by atoms with Gasteiger partial charge in [-0.3, -0.25) is 9.80 Å². The van der Waals surface area contributed by atoms with E-state index in [9.17, 15) is 9.90 Å². The fraction of sp³-hybridized carbons (Fsp3) is 0.227. The van der Waals surface area contributed by atoms with Crippen LogP contribution in [0.25, 0.3) is 22.0 Å². The number of ether oxygens (including phenoxy) is 1. The standard InChI is InChI=1S/C22H21ClN4O3/c23-18-13-19-17(21(28)20(22(29)25-19)27-7-1-6-24-27)12-16(18)14-2-4-15(5-3-14)26-8-10-30-11-9-26/h1-5,7,12-13,24H,6,8-11H2,(H2,25,28,29). The number of aromatic hydroxyl groups is 1. The zero-order valence-corrected chi connectivity index (χ0v) is 16.9. The molecule has 7 nitrogen and oxygen atoms in total. The third kappa shape index (κ3) is 3.31. The van der Waals surface area contributed by atoms with E-state index in [1.807, 2.05) is 24.3 Å². The predicted molar refractivity (Wildman–Crippen MR) is 119 cm³/mol. The number of anilines is 2. The Morgan fingerprint density at radius 2 is 1.87 bits per heavy atom. The summed E-state index contributed by atoms with van der Waals surface area (Å²) in [4.78, 5) is 17.6. The van der Waals surface area contributed by atoms with Crippen LogP contribution >= 0.6 is 11.6 Å². The molecule has 5 rings (SSSR count). The molecule has 0 unspecified atom stereocenters. The van der Waals surface area contributed by atoms with Crippen molar-refractivity contribution in [3.63, 3.8) is 0 Å². The number of morpholine rings is 1. The van der Waals surface area contributed by atoms with Gasteiger partial charge in [-0.2, -0.15) is 0 Å². The molecule has 1 saturated heterocycles. The summed E-state index contributed by atoms with van der Waals surface area (Å²) in [6, 6.07) is 11.7. The molecule has 0 bridgehead atoms. The third-order valence-corrected chi connectivity index (χ3v) is 5.79. The molecule has 1 aromatic heterocycles. The van der Waals surface area contributed by atoms with Gasteiger partial charge >= 0.3 is 0 Å². The second-order valence-corrected chi connectivity index (χ2v) is 7.70. The fourth-order valence-electron chi connectivity index (χ4n) is 3.92. The van der Waals surface area contributed by atoms with Crippen molar-refractivity contribution in [1.29, 1.82) is 0 Å². The number of pyridine rings is 1. The van der Waals surface area contributed by atoms with E-state index >= 15 is 0 Å². The minimum Gasteiger partial charge on any atom is -0.505 e. The smallest absolute Gasteiger partial charge is 0.277 e. The van der Waals surface area contributed by atoms with Crippen LogP contribution in [0.1, 0.15) is 0 Å². The molecule has 3 N–H and O–H groups in total. The van der Waals surface area contributed by atoms with Crippen LogP contribution in [0.2, 0.25) is 5.02 Å². The van der Waals surface area contributed by atoms with E-state index in [1.54, 1.807) is 12.3 Å².